The second-order valence-electron chi connectivity index (χ2n) is 4.08. The maximum absolute atomic E-state index is 5.86. The Balaban J connectivity index is 2.01. The molecule has 5 heteroatoms. The minimum Gasteiger partial charge on any atom is -0.491 e. The molecule has 108 valence electrons. The van der Waals surface area contributed by atoms with Gasteiger partial charge in [0.15, 0.2) is 0 Å². The van der Waals surface area contributed by atoms with Crippen LogP contribution >= 0.6 is 27.5 Å². The van der Waals surface area contributed by atoms with Gasteiger partial charge in [0.2, 0.25) is 0 Å². The summed E-state index contributed by atoms with van der Waals surface area (Å²) in [5.74, 6) is 0.822. The number of nitrogens with one attached hydrogen (secondary N) is 1. The summed E-state index contributed by atoms with van der Waals surface area (Å²) in [4.78, 5) is 0. The Morgan fingerprint density at radius 1 is 1.21 bits per heavy atom. The van der Waals surface area contributed by atoms with E-state index in [0.717, 1.165) is 49.4 Å². The number of rotatable bonds is 10. The molecule has 3 nitrogen and oxygen atoms in total. The van der Waals surface area contributed by atoms with Crippen molar-refractivity contribution in [1.29, 1.82) is 0 Å². The van der Waals surface area contributed by atoms with Crippen molar-refractivity contribution in [3.63, 3.8) is 0 Å². The Bertz CT molecular complexity index is 363. The van der Waals surface area contributed by atoms with Crippen LogP contribution in [0.25, 0.3) is 0 Å². The second-order valence-corrected chi connectivity index (χ2v) is 5.37. The smallest absolute Gasteiger partial charge is 0.133 e. The first kappa shape index (κ1) is 16.8. The maximum Gasteiger partial charge on any atom is 0.133 e. The van der Waals surface area contributed by atoms with Crippen LogP contribution < -0.4 is 10.1 Å². The highest BCUT2D eigenvalue weighted by molar-refractivity contribution is 9.10. The fourth-order valence-electron chi connectivity index (χ4n) is 1.55. The molecule has 0 amide bonds. The van der Waals surface area contributed by atoms with Crippen LogP contribution in [-0.4, -0.2) is 32.9 Å². The molecule has 1 N–H and O–H groups in total. The van der Waals surface area contributed by atoms with Crippen molar-refractivity contribution in [2.45, 2.75) is 19.8 Å². The summed E-state index contributed by atoms with van der Waals surface area (Å²) in [7, 11) is 0. The van der Waals surface area contributed by atoms with E-state index in [2.05, 4.69) is 21.2 Å². The van der Waals surface area contributed by atoms with Gasteiger partial charge in [-0.05, 0) is 60.4 Å². The SMILES string of the molecule is CCOCCCCNCCOc1ccc(Cl)cc1Br. The summed E-state index contributed by atoms with van der Waals surface area (Å²) in [6.07, 6.45) is 2.23. The quantitative estimate of drug-likeness (QED) is 0.649. The van der Waals surface area contributed by atoms with Gasteiger partial charge in [-0.3, -0.25) is 0 Å². The van der Waals surface area contributed by atoms with Crippen LogP contribution in [0.5, 0.6) is 5.75 Å². The molecule has 0 heterocycles. The molecule has 0 atom stereocenters. The minimum atomic E-state index is 0.645. The number of unbranched alkanes of at least 4 members (excludes halogenated alkanes) is 1. The number of halogens is 2. The monoisotopic (exact) mass is 349 g/mol. The minimum absolute atomic E-state index is 0.645. The molecule has 0 saturated heterocycles. The molecule has 0 radical (unpaired) electrons. The zero-order valence-electron chi connectivity index (χ0n) is 11.3. The third-order valence-corrected chi connectivity index (χ3v) is 3.38. The standard InChI is InChI=1S/C14H21BrClNO2/c1-2-18-9-4-3-7-17-8-10-19-14-6-5-12(16)11-13(14)15/h5-6,11,17H,2-4,7-10H2,1H3. The lowest BCUT2D eigenvalue weighted by Crippen LogP contribution is -2.22. The molecule has 0 aromatic heterocycles. The number of ether oxygens (including phenoxy) is 2. The van der Waals surface area contributed by atoms with Gasteiger partial charge in [-0.25, -0.2) is 0 Å². The molecule has 1 aromatic rings. The van der Waals surface area contributed by atoms with E-state index >= 15 is 0 Å². The summed E-state index contributed by atoms with van der Waals surface area (Å²) in [5.41, 5.74) is 0. The Labute approximate surface area is 128 Å². The topological polar surface area (TPSA) is 30.5 Å². The van der Waals surface area contributed by atoms with Gasteiger partial charge in [-0.2, -0.15) is 0 Å². The summed E-state index contributed by atoms with van der Waals surface area (Å²) in [6, 6.07) is 5.52. The first-order chi connectivity index (χ1) is 9.24. The predicted molar refractivity (Wildman–Crippen MR) is 83.2 cm³/mol. The normalized spacial score (nSPS) is 10.7. The van der Waals surface area contributed by atoms with Crippen molar-refractivity contribution >= 4 is 27.5 Å². The van der Waals surface area contributed by atoms with Crippen molar-refractivity contribution in [1.82, 2.24) is 5.32 Å². The molecule has 0 aliphatic carbocycles. The predicted octanol–water partition coefficient (Wildman–Crippen LogP) is 3.89. The van der Waals surface area contributed by atoms with Gasteiger partial charge in [0, 0.05) is 24.8 Å². The van der Waals surface area contributed by atoms with Gasteiger partial charge >= 0.3 is 0 Å². The number of hydrogen-bond acceptors (Lipinski definition) is 3. The van der Waals surface area contributed by atoms with Crippen LogP contribution in [0.1, 0.15) is 19.8 Å². The Morgan fingerprint density at radius 2 is 2.05 bits per heavy atom. The van der Waals surface area contributed by atoms with Gasteiger partial charge in [0.05, 0.1) is 4.47 Å². The molecule has 0 spiro atoms. The van der Waals surface area contributed by atoms with Crippen LogP contribution in [0.3, 0.4) is 0 Å². The van der Waals surface area contributed by atoms with Gasteiger partial charge in [0.1, 0.15) is 12.4 Å². The molecular formula is C14H21BrClNO2. The molecule has 0 aliphatic rings. The van der Waals surface area contributed by atoms with Crippen LogP contribution in [0.15, 0.2) is 22.7 Å². The van der Waals surface area contributed by atoms with E-state index in [1.807, 2.05) is 25.1 Å². The summed E-state index contributed by atoms with van der Waals surface area (Å²) < 4.78 is 11.8. The first-order valence-corrected chi connectivity index (χ1v) is 7.77. The molecular weight excluding hydrogens is 330 g/mol. The van der Waals surface area contributed by atoms with Crippen molar-refractivity contribution in [2.75, 3.05) is 32.9 Å². The van der Waals surface area contributed by atoms with E-state index in [9.17, 15) is 0 Å². The summed E-state index contributed by atoms with van der Waals surface area (Å²) in [5, 5.41) is 4.04. The van der Waals surface area contributed by atoms with E-state index in [1.54, 1.807) is 0 Å². The van der Waals surface area contributed by atoms with E-state index in [0.29, 0.717) is 11.6 Å². The Hall–Kier alpha value is -0.290. The Morgan fingerprint density at radius 3 is 2.79 bits per heavy atom. The number of benzene rings is 1. The largest absolute Gasteiger partial charge is 0.491 e. The van der Waals surface area contributed by atoms with E-state index in [1.165, 1.54) is 0 Å². The highest BCUT2D eigenvalue weighted by Crippen LogP contribution is 2.27. The second kappa shape index (κ2) is 10.5. The summed E-state index contributed by atoms with van der Waals surface area (Å²) >= 11 is 9.28. The third-order valence-electron chi connectivity index (χ3n) is 2.53. The van der Waals surface area contributed by atoms with Gasteiger partial charge in [-0.15, -0.1) is 0 Å². The van der Waals surface area contributed by atoms with Gasteiger partial charge in [0.25, 0.3) is 0 Å². The fraction of sp³-hybridized carbons (Fsp3) is 0.571. The first-order valence-electron chi connectivity index (χ1n) is 6.60. The number of hydrogen-bond donors (Lipinski definition) is 1. The van der Waals surface area contributed by atoms with E-state index < -0.39 is 0 Å². The lowest BCUT2D eigenvalue weighted by atomic mass is 10.3. The molecule has 0 fully saturated rings. The third kappa shape index (κ3) is 7.78. The highest BCUT2D eigenvalue weighted by atomic mass is 79.9. The lowest BCUT2D eigenvalue weighted by Gasteiger charge is -2.09. The van der Waals surface area contributed by atoms with E-state index in [4.69, 9.17) is 21.1 Å². The van der Waals surface area contributed by atoms with Crippen LogP contribution in [0.4, 0.5) is 0 Å². The van der Waals surface area contributed by atoms with Crippen molar-refractivity contribution < 1.29 is 9.47 Å². The molecule has 0 saturated carbocycles. The zero-order chi connectivity index (χ0) is 13.9. The zero-order valence-corrected chi connectivity index (χ0v) is 13.6. The molecule has 1 aromatic carbocycles. The van der Waals surface area contributed by atoms with Crippen LogP contribution in [0, 0.1) is 0 Å². The maximum atomic E-state index is 5.86. The molecule has 0 unspecified atom stereocenters. The molecule has 0 bridgehead atoms. The van der Waals surface area contributed by atoms with Crippen LogP contribution in [0.2, 0.25) is 5.02 Å². The van der Waals surface area contributed by atoms with Crippen molar-refractivity contribution in [3.05, 3.63) is 27.7 Å². The molecule has 1 rings (SSSR count). The van der Waals surface area contributed by atoms with Crippen molar-refractivity contribution in [2.24, 2.45) is 0 Å². The van der Waals surface area contributed by atoms with Crippen LogP contribution in [-0.2, 0) is 4.74 Å². The van der Waals surface area contributed by atoms with Gasteiger partial charge < -0.3 is 14.8 Å². The average Bonchev–Trinajstić information content (AvgIpc) is 2.39. The van der Waals surface area contributed by atoms with Gasteiger partial charge in [-0.1, -0.05) is 11.6 Å². The van der Waals surface area contributed by atoms with E-state index in [-0.39, 0.29) is 0 Å². The lowest BCUT2D eigenvalue weighted by molar-refractivity contribution is 0.143. The average molecular weight is 351 g/mol. The Kier molecular flexibility index (Phi) is 9.26. The van der Waals surface area contributed by atoms with Crippen molar-refractivity contribution in [3.8, 4) is 5.75 Å². The molecule has 19 heavy (non-hydrogen) atoms. The summed E-state index contributed by atoms with van der Waals surface area (Å²) in [6.45, 7) is 6.15. The fourth-order valence-corrected chi connectivity index (χ4v) is 2.35. The highest BCUT2D eigenvalue weighted by Gasteiger charge is 2.01. The molecule has 0 aliphatic heterocycles.